The van der Waals surface area contributed by atoms with Crippen molar-refractivity contribution in [3.63, 3.8) is 0 Å². The number of likely N-dealkylation sites (tertiary alicyclic amines) is 1. The van der Waals surface area contributed by atoms with Crippen molar-refractivity contribution in [3.05, 3.63) is 0 Å². The van der Waals surface area contributed by atoms with Gasteiger partial charge in [-0.3, -0.25) is 9.69 Å². The summed E-state index contributed by atoms with van der Waals surface area (Å²) in [7, 11) is 3.79. The van der Waals surface area contributed by atoms with Gasteiger partial charge in [-0.05, 0) is 26.8 Å². The van der Waals surface area contributed by atoms with Gasteiger partial charge in [-0.2, -0.15) is 0 Å². The number of carbonyl (C=O) groups excluding carboxylic acids is 1. The van der Waals surface area contributed by atoms with E-state index in [9.17, 15) is 4.79 Å². The van der Waals surface area contributed by atoms with Gasteiger partial charge < -0.3 is 10.0 Å². The molecule has 1 heterocycles. The molecule has 0 spiro atoms. The minimum absolute atomic E-state index is 0.0266. The summed E-state index contributed by atoms with van der Waals surface area (Å²) in [6.07, 6.45) is 1.35. The highest BCUT2D eigenvalue weighted by Gasteiger charge is 2.31. The molecule has 4 nitrogen and oxygen atoms in total. The second-order valence-electron chi connectivity index (χ2n) is 4.18. The molecule has 0 aromatic rings. The van der Waals surface area contributed by atoms with Crippen LogP contribution in [0.25, 0.3) is 0 Å². The Balaban J connectivity index is 2.37. The minimum Gasteiger partial charge on any atom is -0.393 e. The third kappa shape index (κ3) is 2.69. The number of rotatable bonds is 4. The quantitative estimate of drug-likeness (QED) is 0.690. The van der Waals surface area contributed by atoms with Crippen LogP contribution in [0.3, 0.4) is 0 Å². The van der Waals surface area contributed by atoms with Gasteiger partial charge in [-0.1, -0.05) is 0 Å². The van der Waals surface area contributed by atoms with E-state index in [0.717, 1.165) is 25.9 Å². The number of aliphatic hydroxyl groups excluding tert-OH is 1. The van der Waals surface area contributed by atoms with Crippen LogP contribution >= 0.6 is 0 Å². The Kier molecular flexibility index (Phi) is 3.89. The summed E-state index contributed by atoms with van der Waals surface area (Å²) < 4.78 is 0. The minimum atomic E-state index is -0.285. The lowest BCUT2D eigenvalue weighted by Crippen LogP contribution is -2.39. The van der Waals surface area contributed by atoms with Gasteiger partial charge in [0.1, 0.15) is 0 Å². The Morgan fingerprint density at radius 2 is 2.36 bits per heavy atom. The molecule has 82 valence electrons. The molecule has 1 saturated heterocycles. The predicted octanol–water partition coefficient (Wildman–Crippen LogP) is -0.0802. The van der Waals surface area contributed by atoms with Crippen LogP contribution in [0.1, 0.15) is 19.8 Å². The van der Waals surface area contributed by atoms with E-state index in [-0.39, 0.29) is 18.1 Å². The maximum absolute atomic E-state index is 11.6. The van der Waals surface area contributed by atoms with Crippen molar-refractivity contribution in [2.75, 3.05) is 27.2 Å². The lowest BCUT2D eigenvalue weighted by atomic mass is 10.2. The number of hydrogen-bond donors (Lipinski definition) is 1. The molecule has 14 heavy (non-hydrogen) atoms. The molecule has 1 fully saturated rings. The molecule has 0 radical (unpaired) electrons. The topological polar surface area (TPSA) is 43.8 Å². The van der Waals surface area contributed by atoms with E-state index in [2.05, 4.69) is 0 Å². The van der Waals surface area contributed by atoms with E-state index in [1.807, 2.05) is 19.0 Å². The average molecular weight is 200 g/mol. The molecule has 1 rings (SSSR count). The molecule has 1 N–H and O–H groups in total. The smallest absolute Gasteiger partial charge is 0.239 e. The van der Waals surface area contributed by atoms with Gasteiger partial charge >= 0.3 is 0 Å². The zero-order valence-corrected chi connectivity index (χ0v) is 9.23. The van der Waals surface area contributed by atoms with Crippen LogP contribution in [0.2, 0.25) is 0 Å². The van der Waals surface area contributed by atoms with Gasteiger partial charge in [0.15, 0.2) is 0 Å². The fourth-order valence-corrected chi connectivity index (χ4v) is 1.76. The molecule has 1 amide bonds. The fourth-order valence-electron chi connectivity index (χ4n) is 1.76. The average Bonchev–Trinajstić information content (AvgIpc) is 2.44. The van der Waals surface area contributed by atoms with E-state index in [1.54, 1.807) is 11.8 Å². The highest BCUT2D eigenvalue weighted by atomic mass is 16.3. The Morgan fingerprint density at radius 1 is 1.71 bits per heavy atom. The van der Waals surface area contributed by atoms with E-state index in [1.165, 1.54) is 0 Å². The zero-order chi connectivity index (χ0) is 10.7. The van der Waals surface area contributed by atoms with Gasteiger partial charge in [-0.25, -0.2) is 0 Å². The molecule has 2 unspecified atom stereocenters. The molecule has 0 saturated carbocycles. The molecule has 1 aliphatic rings. The van der Waals surface area contributed by atoms with Crippen LogP contribution in [0.5, 0.6) is 0 Å². The van der Waals surface area contributed by atoms with Crippen molar-refractivity contribution >= 4 is 5.91 Å². The second kappa shape index (κ2) is 4.75. The largest absolute Gasteiger partial charge is 0.393 e. The third-order valence-electron chi connectivity index (χ3n) is 2.83. The standard InChI is InChI=1S/C10H20N2O2/c1-8(13)4-6-11(2)9-5-7-12(3)10(9)14/h8-9,13H,4-7H2,1-3H3. The van der Waals surface area contributed by atoms with Crippen molar-refractivity contribution in [2.45, 2.75) is 31.9 Å². The summed E-state index contributed by atoms with van der Waals surface area (Å²) in [6, 6.07) is 0.0266. The summed E-state index contributed by atoms with van der Waals surface area (Å²) in [6.45, 7) is 3.40. The van der Waals surface area contributed by atoms with Crippen LogP contribution in [-0.4, -0.2) is 60.1 Å². The van der Waals surface area contributed by atoms with Crippen molar-refractivity contribution in [3.8, 4) is 0 Å². The number of likely N-dealkylation sites (N-methyl/N-ethyl adjacent to an activating group) is 2. The van der Waals surface area contributed by atoms with Crippen LogP contribution < -0.4 is 0 Å². The molecule has 4 heteroatoms. The molecule has 0 aliphatic carbocycles. The highest BCUT2D eigenvalue weighted by molar-refractivity contribution is 5.83. The number of nitrogens with zero attached hydrogens (tertiary/aromatic N) is 2. The molecule has 2 atom stereocenters. The van der Waals surface area contributed by atoms with Gasteiger partial charge in [-0.15, -0.1) is 0 Å². The normalized spacial score (nSPS) is 24.8. The molecular weight excluding hydrogens is 180 g/mol. The molecular formula is C10H20N2O2. The van der Waals surface area contributed by atoms with Gasteiger partial charge in [0.25, 0.3) is 0 Å². The lowest BCUT2D eigenvalue weighted by molar-refractivity contribution is -0.130. The number of hydrogen-bond acceptors (Lipinski definition) is 3. The van der Waals surface area contributed by atoms with Crippen LogP contribution in [-0.2, 0) is 4.79 Å². The number of amides is 1. The summed E-state index contributed by atoms with van der Waals surface area (Å²) in [5, 5.41) is 9.14. The Hall–Kier alpha value is -0.610. The summed E-state index contributed by atoms with van der Waals surface area (Å²) in [4.78, 5) is 15.4. The SMILES string of the molecule is CC(O)CCN(C)C1CCN(C)C1=O. The molecule has 0 bridgehead atoms. The van der Waals surface area contributed by atoms with Crippen molar-refractivity contribution < 1.29 is 9.90 Å². The Bertz CT molecular complexity index is 206. The van der Waals surface area contributed by atoms with Gasteiger partial charge in [0.05, 0.1) is 12.1 Å². The van der Waals surface area contributed by atoms with Crippen LogP contribution in [0, 0.1) is 0 Å². The number of carbonyl (C=O) groups is 1. The number of aliphatic hydroxyl groups is 1. The van der Waals surface area contributed by atoms with E-state index < -0.39 is 0 Å². The summed E-state index contributed by atoms with van der Waals surface area (Å²) in [5.41, 5.74) is 0. The fraction of sp³-hybridized carbons (Fsp3) is 0.900. The van der Waals surface area contributed by atoms with Crippen LogP contribution in [0.4, 0.5) is 0 Å². The molecule has 0 aromatic carbocycles. The predicted molar refractivity (Wildman–Crippen MR) is 55.0 cm³/mol. The second-order valence-corrected chi connectivity index (χ2v) is 4.18. The first-order chi connectivity index (χ1) is 6.52. The monoisotopic (exact) mass is 200 g/mol. The van der Waals surface area contributed by atoms with Crippen molar-refractivity contribution in [2.24, 2.45) is 0 Å². The van der Waals surface area contributed by atoms with E-state index in [0.29, 0.717) is 0 Å². The van der Waals surface area contributed by atoms with Gasteiger partial charge in [0, 0.05) is 20.1 Å². The maximum atomic E-state index is 11.6. The first-order valence-corrected chi connectivity index (χ1v) is 5.15. The summed E-state index contributed by atoms with van der Waals surface area (Å²) >= 11 is 0. The zero-order valence-electron chi connectivity index (χ0n) is 9.23. The Labute approximate surface area is 85.5 Å². The van der Waals surface area contributed by atoms with E-state index in [4.69, 9.17) is 5.11 Å². The summed E-state index contributed by atoms with van der Waals surface area (Å²) in [5.74, 6) is 0.207. The van der Waals surface area contributed by atoms with E-state index >= 15 is 0 Å². The molecule has 1 aliphatic heterocycles. The van der Waals surface area contributed by atoms with Crippen LogP contribution in [0.15, 0.2) is 0 Å². The van der Waals surface area contributed by atoms with Crippen molar-refractivity contribution in [1.82, 2.24) is 9.80 Å². The Morgan fingerprint density at radius 3 is 2.79 bits per heavy atom. The third-order valence-corrected chi connectivity index (χ3v) is 2.83. The first-order valence-electron chi connectivity index (χ1n) is 5.15. The maximum Gasteiger partial charge on any atom is 0.239 e. The van der Waals surface area contributed by atoms with Crippen molar-refractivity contribution in [1.29, 1.82) is 0 Å². The molecule has 0 aromatic heterocycles. The highest BCUT2D eigenvalue weighted by Crippen LogP contribution is 2.14. The first kappa shape index (κ1) is 11.5. The lowest BCUT2D eigenvalue weighted by Gasteiger charge is -2.23. The van der Waals surface area contributed by atoms with Gasteiger partial charge in [0.2, 0.25) is 5.91 Å².